The van der Waals surface area contributed by atoms with Crippen molar-refractivity contribution in [2.45, 2.75) is 25.2 Å². The van der Waals surface area contributed by atoms with Gasteiger partial charge in [0, 0.05) is 12.5 Å². The first-order chi connectivity index (χ1) is 11.2. The van der Waals surface area contributed by atoms with E-state index in [0.717, 1.165) is 37.9 Å². The molecule has 2 aliphatic rings. The topological polar surface area (TPSA) is 67.4 Å². The summed E-state index contributed by atoms with van der Waals surface area (Å²) >= 11 is 0. The summed E-state index contributed by atoms with van der Waals surface area (Å²) < 4.78 is 4.89. The molecule has 1 saturated carbocycles. The molecule has 1 aromatic rings. The Balaban J connectivity index is 0.00000208. The number of esters is 1. The SMILES string of the molecule is COC(=O)C(CNC(=O)C1CC12CCNCC2)c1ccccc1.Cl. The summed E-state index contributed by atoms with van der Waals surface area (Å²) in [6.45, 7) is 2.29. The molecule has 0 bridgehead atoms. The van der Waals surface area contributed by atoms with Crippen LogP contribution in [0.3, 0.4) is 0 Å². The fraction of sp³-hybridized carbons (Fsp3) is 0.556. The first-order valence-corrected chi connectivity index (χ1v) is 8.27. The van der Waals surface area contributed by atoms with E-state index in [1.54, 1.807) is 0 Å². The standard InChI is InChI=1S/C18H24N2O3.ClH/c1-23-17(22)14(13-5-3-2-4-6-13)12-20-16(21)15-11-18(15)7-9-19-10-8-18;/h2-6,14-15,19H,7-12H2,1H3,(H,20,21);1H. The molecule has 1 amide bonds. The lowest BCUT2D eigenvalue weighted by Crippen LogP contribution is -2.36. The summed E-state index contributed by atoms with van der Waals surface area (Å²) in [5.41, 5.74) is 1.08. The average molecular weight is 353 g/mol. The number of ether oxygens (including phenoxy) is 1. The predicted octanol–water partition coefficient (Wildman–Crippen LogP) is 1.87. The van der Waals surface area contributed by atoms with Crippen molar-refractivity contribution in [3.8, 4) is 0 Å². The third-order valence-electron chi connectivity index (χ3n) is 5.27. The van der Waals surface area contributed by atoms with Gasteiger partial charge in [-0.25, -0.2) is 0 Å². The van der Waals surface area contributed by atoms with E-state index in [4.69, 9.17) is 4.74 Å². The van der Waals surface area contributed by atoms with Gasteiger partial charge in [-0.2, -0.15) is 0 Å². The van der Waals surface area contributed by atoms with Gasteiger partial charge in [0.25, 0.3) is 0 Å². The maximum Gasteiger partial charge on any atom is 0.314 e. The van der Waals surface area contributed by atoms with Gasteiger partial charge in [-0.15, -0.1) is 12.4 Å². The van der Waals surface area contributed by atoms with Gasteiger partial charge < -0.3 is 15.4 Å². The van der Waals surface area contributed by atoms with Crippen molar-refractivity contribution in [3.63, 3.8) is 0 Å². The number of amides is 1. The molecule has 0 radical (unpaired) electrons. The zero-order valence-corrected chi connectivity index (χ0v) is 14.7. The Morgan fingerprint density at radius 2 is 1.96 bits per heavy atom. The van der Waals surface area contributed by atoms with Crippen molar-refractivity contribution in [1.82, 2.24) is 10.6 Å². The third-order valence-corrected chi connectivity index (χ3v) is 5.27. The van der Waals surface area contributed by atoms with Crippen molar-refractivity contribution in [3.05, 3.63) is 35.9 Å². The second kappa shape index (κ2) is 7.99. The van der Waals surface area contributed by atoms with E-state index in [0.29, 0.717) is 6.54 Å². The van der Waals surface area contributed by atoms with Gasteiger partial charge in [-0.05, 0) is 43.3 Å². The van der Waals surface area contributed by atoms with Crippen molar-refractivity contribution < 1.29 is 14.3 Å². The molecule has 3 rings (SSSR count). The van der Waals surface area contributed by atoms with E-state index < -0.39 is 5.92 Å². The van der Waals surface area contributed by atoms with Crippen LogP contribution in [0, 0.1) is 11.3 Å². The normalized spacial score (nSPS) is 22.1. The molecule has 24 heavy (non-hydrogen) atoms. The predicted molar refractivity (Wildman–Crippen MR) is 94.1 cm³/mol. The molecule has 1 saturated heterocycles. The lowest BCUT2D eigenvalue weighted by molar-refractivity contribution is -0.142. The van der Waals surface area contributed by atoms with Gasteiger partial charge >= 0.3 is 5.97 Å². The highest BCUT2D eigenvalue weighted by molar-refractivity contribution is 5.85. The number of methoxy groups -OCH3 is 1. The molecular formula is C18H25ClN2O3. The van der Waals surface area contributed by atoms with Crippen LogP contribution in [0.15, 0.2) is 30.3 Å². The Morgan fingerprint density at radius 3 is 2.58 bits per heavy atom. The Labute approximate surface area is 148 Å². The Hall–Kier alpha value is -1.59. The Morgan fingerprint density at radius 1 is 1.29 bits per heavy atom. The second-order valence-corrected chi connectivity index (χ2v) is 6.60. The van der Waals surface area contributed by atoms with Gasteiger partial charge in [0.2, 0.25) is 5.91 Å². The number of rotatable bonds is 5. The first kappa shape index (κ1) is 18.7. The molecule has 0 aromatic heterocycles. The fourth-order valence-corrected chi connectivity index (χ4v) is 3.69. The molecule has 1 aliphatic heterocycles. The van der Waals surface area contributed by atoms with Crippen LogP contribution < -0.4 is 10.6 Å². The van der Waals surface area contributed by atoms with Crippen LogP contribution in [0.25, 0.3) is 0 Å². The quantitative estimate of drug-likeness (QED) is 0.794. The number of piperidine rings is 1. The molecule has 1 aromatic carbocycles. The van der Waals surface area contributed by atoms with Crippen molar-refractivity contribution in [2.24, 2.45) is 11.3 Å². The number of hydrogen-bond donors (Lipinski definition) is 2. The summed E-state index contributed by atoms with van der Waals surface area (Å²) in [5.74, 6) is -0.577. The molecule has 2 fully saturated rings. The third kappa shape index (κ3) is 3.90. The maximum atomic E-state index is 12.4. The molecule has 2 atom stereocenters. The van der Waals surface area contributed by atoms with E-state index in [2.05, 4.69) is 10.6 Å². The van der Waals surface area contributed by atoms with Gasteiger partial charge in [0.1, 0.15) is 0 Å². The summed E-state index contributed by atoms with van der Waals surface area (Å²) in [7, 11) is 1.38. The molecule has 6 heteroatoms. The van der Waals surface area contributed by atoms with Crippen LogP contribution in [0.5, 0.6) is 0 Å². The van der Waals surface area contributed by atoms with Gasteiger partial charge in [0.15, 0.2) is 0 Å². The molecule has 2 unspecified atom stereocenters. The van der Waals surface area contributed by atoms with Gasteiger partial charge in [-0.3, -0.25) is 9.59 Å². The molecule has 2 N–H and O–H groups in total. The number of carbonyl (C=O) groups is 2. The number of halogens is 1. The first-order valence-electron chi connectivity index (χ1n) is 8.27. The van der Waals surface area contributed by atoms with Crippen LogP contribution >= 0.6 is 12.4 Å². The number of benzene rings is 1. The molecule has 5 nitrogen and oxygen atoms in total. The van der Waals surface area contributed by atoms with Crippen LogP contribution in [-0.4, -0.2) is 38.6 Å². The Bertz CT molecular complexity index is 573. The summed E-state index contributed by atoms with van der Waals surface area (Å²) in [6, 6.07) is 9.45. The lowest BCUT2D eigenvalue weighted by atomic mass is 9.91. The van der Waals surface area contributed by atoms with Crippen molar-refractivity contribution in [2.75, 3.05) is 26.7 Å². The Kier molecular flexibility index (Phi) is 6.24. The van der Waals surface area contributed by atoms with Gasteiger partial charge in [-0.1, -0.05) is 30.3 Å². The van der Waals surface area contributed by atoms with Gasteiger partial charge in [0.05, 0.1) is 13.0 Å². The van der Waals surface area contributed by atoms with Crippen LogP contribution in [-0.2, 0) is 14.3 Å². The van der Waals surface area contributed by atoms with E-state index in [1.807, 2.05) is 30.3 Å². The fourth-order valence-electron chi connectivity index (χ4n) is 3.69. The van der Waals surface area contributed by atoms with E-state index in [1.165, 1.54) is 7.11 Å². The zero-order valence-electron chi connectivity index (χ0n) is 13.9. The molecule has 1 heterocycles. The largest absolute Gasteiger partial charge is 0.468 e. The molecule has 132 valence electrons. The second-order valence-electron chi connectivity index (χ2n) is 6.60. The minimum absolute atomic E-state index is 0. The number of hydrogen-bond acceptors (Lipinski definition) is 4. The van der Waals surface area contributed by atoms with Crippen molar-refractivity contribution >= 4 is 24.3 Å². The maximum absolute atomic E-state index is 12.4. The summed E-state index contributed by atoms with van der Waals surface area (Å²) in [6.07, 6.45) is 3.13. The minimum Gasteiger partial charge on any atom is -0.468 e. The summed E-state index contributed by atoms with van der Waals surface area (Å²) in [5, 5.41) is 6.31. The van der Waals surface area contributed by atoms with E-state index >= 15 is 0 Å². The van der Waals surface area contributed by atoms with Crippen LogP contribution in [0.2, 0.25) is 0 Å². The number of carbonyl (C=O) groups excluding carboxylic acids is 2. The summed E-state index contributed by atoms with van der Waals surface area (Å²) in [4.78, 5) is 24.5. The van der Waals surface area contributed by atoms with Crippen LogP contribution in [0.4, 0.5) is 0 Å². The van der Waals surface area contributed by atoms with Crippen LogP contribution in [0.1, 0.15) is 30.7 Å². The highest BCUT2D eigenvalue weighted by atomic mass is 35.5. The average Bonchev–Trinajstić information content (AvgIpc) is 3.29. The number of nitrogens with one attached hydrogen (secondary N) is 2. The highest BCUT2D eigenvalue weighted by Crippen LogP contribution is 2.58. The molecule has 1 aliphatic carbocycles. The van der Waals surface area contributed by atoms with Crippen molar-refractivity contribution in [1.29, 1.82) is 0 Å². The van der Waals surface area contributed by atoms with E-state index in [-0.39, 0.29) is 35.6 Å². The smallest absolute Gasteiger partial charge is 0.314 e. The monoisotopic (exact) mass is 352 g/mol. The molecule has 1 spiro atoms. The minimum atomic E-state index is -0.451. The lowest BCUT2D eigenvalue weighted by Gasteiger charge is -2.23. The zero-order chi connectivity index (χ0) is 16.3. The highest BCUT2D eigenvalue weighted by Gasteiger charge is 2.57. The van der Waals surface area contributed by atoms with E-state index in [9.17, 15) is 9.59 Å². The molecular weight excluding hydrogens is 328 g/mol.